The van der Waals surface area contributed by atoms with Crippen LogP contribution in [0.4, 0.5) is 11.4 Å². The zero-order chi connectivity index (χ0) is 15.1. The van der Waals surface area contributed by atoms with Gasteiger partial charge in [-0.25, -0.2) is 0 Å². The number of carbonyl (C=O) groups is 2. The van der Waals surface area contributed by atoms with E-state index in [1.54, 1.807) is 30.3 Å². The third-order valence-electron chi connectivity index (χ3n) is 3.24. The molecule has 1 aliphatic heterocycles. The Kier molecular flexibility index (Phi) is 5.29. The largest absolute Gasteiger partial charge is 0.325 e. The lowest BCUT2D eigenvalue weighted by molar-refractivity contribution is -0.117. The van der Waals surface area contributed by atoms with Crippen molar-refractivity contribution in [2.24, 2.45) is 0 Å². The van der Waals surface area contributed by atoms with Crippen LogP contribution in [0.1, 0.15) is 19.3 Å². The van der Waals surface area contributed by atoms with Gasteiger partial charge in [0.15, 0.2) is 0 Å². The molecule has 21 heavy (non-hydrogen) atoms. The second kappa shape index (κ2) is 7.41. The number of nitriles is 1. The molecule has 2 rings (SSSR count). The predicted molar refractivity (Wildman–Crippen MR) is 79.6 cm³/mol. The molecule has 0 aliphatic carbocycles. The second-order valence-electron chi connectivity index (χ2n) is 5.00. The normalized spacial score (nSPS) is 14.4. The Bertz CT molecular complexity index is 559. The van der Waals surface area contributed by atoms with Gasteiger partial charge in [0.05, 0.1) is 12.6 Å². The number of benzene rings is 1. The summed E-state index contributed by atoms with van der Waals surface area (Å²) < 4.78 is 0. The Morgan fingerprint density at radius 3 is 2.38 bits per heavy atom. The lowest BCUT2D eigenvalue weighted by Gasteiger charge is -2.14. The van der Waals surface area contributed by atoms with Gasteiger partial charge < -0.3 is 10.6 Å². The van der Waals surface area contributed by atoms with Gasteiger partial charge in [-0.2, -0.15) is 5.26 Å². The molecule has 1 aromatic rings. The van der Waals surface area contributed by atoms with Crippen LogP contribution in [0.5, 0.6) is 0 Å². The van der Waals surface area contributed by atoms with Crippen LogP contribution < -0.4 is 10.6 Å². The number of rotatable bonds is 5. The van der Waals surface area contributed by atoms with Crippen molar-refractivity contribution in [3.05, 3.63) is 24.3 Å². The van der Waals surface area contributed by atoms with E-state index in [1.165, 1.54) is 0 Å². The molecule has 1 heterocycles. The third-order valence-corrected chi connectivity index (χ3v) is 3.24. The Hall–Kier alpha value is -2.39. The molecule has 0 atom stereocenters. The van der Waals surface area contributed by atoms with E-state index in [0.29, 0.717) is 17.9 Å². The first-order valence-electron chi connectivity index (χ1n) is 6.96. The number of carbonyl (C=O) groups excluding carboxylic acids is 2. The van der Waals surface area contributed by atoms with Gasteiger partial charge in [-0.05, 0) is 44.1 Å². The van der Waals surface area contributed by atoms with Crippen LogP contribution in [0.15, 0.2) is 24.3 Å². The maximum atomic E-state index is 11.9. The van der Waals surface area contributed by atoms with E-state index in [-0.39, 0.29) is 18.2 Å². The molecule has 2 amide bonds. The van der Waals surface area contributed by atoms with Crippen LogP contribution >= 0.6 is 0 Å². The Balaban J connectivity index is 1.89. The fraction of sp³-hybridized carbons (Fsp3) is 0.400. The molecule has 6 nitrogen and oxygen atoms in total. The van der Waals surface area contributed by atoms with Gasteiger partial charge in [-0.1, -0.05) is 6.07 Å². The van der Waals surface area contributed by atoms with E-state index in [1.807, 2.05) is 0 Å². The molecule has 6 heteroatoms. The summed E-state index contributed by atoms with van der Waals surface area (Å²) in [4.78, 5) is 25.4. The minimum atomic E-state index is -0.363. The number of hydrogen-bond donors (Lipinski definition) is 2. The lowest BCUT2D eigenvalue weighted by atomic mass is 10.2. The molecule has 2 N–H and O–H groups in total. The highest BCUT2D eigenvalue weighted by atomic mass is 16.2. The second-order valence-corrected chi connectivity index (χ2v) is 5.00. The predicted octanol–water partition coefficient (Wildman–Crippen LogP) is 1.57. The minimum Gasteiger partial charge on any atom is -0.325 e. The number of hydrogen-bond acceptors (Lipinski definition) is 4. The molecule has 0 aromatic heterocycles. The average Bonchev–Trinajstić information content (AvgIpc) is 2.92. The van der Waals surface area contributed by atoms with Gasteiger partial charge >= 0.3 is 0 Å². The van der Waals surface area contributed by atoms with Crippen molar-refractivity contribution in [3.63, 3.8) is 0 Å². The van der Waals surface area contributed by atoms with E-state index >= 15 is 0 Å². The number of amides is 2. The van der Waals surface area contributed by atoms with Crippen molar-refractivity contribution in [1.82, 2.24) is 4.90 Å². The summed E-state index contributed by atoms with van der Waals surface area (Å²) in [7, 11) is 0. The number of nitrogens with one attached hydrogen (secondary N) is 2. The first kappa shape index (κ1) is 15.0. The van der Waals surface area contributed by atoms with Gasteiger partial charge in [-0.15, -0.1) is 0 Å². The van der Waals surface area contributed by atoms with Crippen LogP contribution in [0.25, 0.3) is 0 Å². The first-order chi connectivity index (χ1) is 10.2. The Morgan fingerprint density at radius 2 is 1.76 bits per heavy atom. The molecule has 0 unspecified atom stereocenters. The maximum absolute atomic E-state index is 11.9. The number of likely N-dealkylation sites (tertiary alicyclic amines) is 1. The molecule has 0 spiro atoms. The standard InChI is InChI=1S/C15H18N4O2/c16-7-6-14(20)17-12-4-3-5-13(10-12)18-15(21)11-19-8-1-2-9-19/h3-5,10H,1-2,6,8-9,11H2,(H,17,20)(H,18,21). The van der Waals surface area contributed by atoms with Crippen molar-refractivity contribution in [2.75, 3.05) is 30.3 Å². The van der Waals surface area contributed by atoms with Crippen molar-refractivity contribution >= 4 is 23.2 Å². The number of nitrogens with zero attached hydrogens (tertiary/aromatic N) is 2. The molecule has 0 saturated carbocycles. The molecule has 0 bridgehead atoms. The van der Waals surface area contributed by atoms with Gasteiger partial charge in [0.1, 0.15) is 6.42 Å². The van der Waals surface area contributed by atoms with Gasteiger partial charge in [0.25, 0.3) is 0 Å². The summed E-state index contributed by atoms with van der Waals surface area (Å²) in [5, 5.41) is 13.9. The average molecular weight is 286 g/mol. The van der Waals surface area contributed by atoms with Gasteiger partial charge in [0.2, 0.25) is 11.8 Å². The monoisotopic (exact) mass is 286 g/mol. The zero-order valence-electron chi connectivity index (χ0n) is 11.8. The maximum Gasteiger partial charge on any atom is 0.238 e. The molecule has 1 aromatic carbocycles. The highest BCUT2D eigenvalue weighted by molar-refractivity contribution is 5.95. The van der Waals surface area contributed by atoms with Crippen LogP contribution in [-0.4, -0.2) is 36.3 Å². The molecule has 1 fully saturated rings. The molecular formula is C15H18N4O2. The number of anilines is 2. The fourth-order valence-electron chi connectivity index (χ4n) is 2.30. The molecular weight excluding hydrogens is 268 g/mol. The molecule has 110 valence electrons. The summed E-state index contributed by atoms with van der Waals surface area (Å²) in [5.74, 6) is -0.421. The highest BCUT2D eigenvalue weighted by Crippen LogP contribution is 2.15. The zero-order valence-corrected chi connectivity index (χ0v) is 11.8. The molecule has 0 radical (unpaired) electrons. The van der Waals surface area contributed by atoms with Crippen LogP contribution in [0, 0.1) is 11.3 Å². The summed E-state index contributed by atoms with van der Waals surface area (Å²) in [6.45, 7) is 2.33. The van der Waals surface area contributed by atoms with Crippen LogP contribution in [0.2, 0.25) is 0 Å². The Labute approximate surface area is 123 Å². The molecule has 1 aliphatic rings. The SMILES string of the molecule is N#CCC(=O)Nc1cccc(NC(=O)CN2CCCC2)c1. The quantitative estimate of drug-likeness (QED) is 0.860. The minimum absolute atomic E-state index is 0.0580. The van der Waals surface area contributed by atoms with Crippen molar-refractivity contribution in [2.45, 2.75) is 19.3 Å². The third kappa shape index (κ3) is 4.89. The van der Waals surface area contributed by atoms with Crippen molar-refractivity contribution < 1.29 is 9.59 Å². The van der Waals surface area contributed by atoms with E-state index in [9.17, 15) is 9.59 Å². The van der Waals surface area contributed by atoms with Crippen LogP contribution in [0.3, 0.4) is 0 Å². The smallest absolute Gasteiger partial charge is 0.238 e. The summed E-state index contributed by atoms with van der Waals surface area (Å²) >= 11 is 0. The van der Waals surface area contributed by atoms with Gasteiger partial charge in [0, 0.05) is 11.4 Å². The highest BCUT2D eigenvalue weighted by Gasteiger charge is 2.15. The molecule has 1 saturated heterocycles. The fourth-order valence-corrected chi connectivity index (χ4v) is 2.30. The van der Waals surface area contributed by atoms with E-state index in [0.717, 1.165) is 25.9 Å². The lowest BCUT2D eigenvalue weighted by Crippen LogP contribution is -2.30. The summed E-state index contributed by atoms with van der Waals surface area (Å²) in [6, 6.07) is 8.69. The topological polar surface area (TPSA) is 85.2 Å². The van der Waals surface area contributed by atoms with E-state index in [2.05, 4.69) is 15.5 Å². The first-order valence-corrected chi connectivity index (χ1v) is 6.96. The van der Waals surface area contributed by atoms with Crippen molar-refractivity contribution in [1.29, 1.82) is 5.26 Å². The summed E-state index contributed by atoms with van der Waals surface area (Å²) in [6.07, 6.45) is 2.10. The van der Waals surface area contributed by atoms with Crippen molar-refractivity contribution in [3.8, 4) is 6.07 Å². The summed E-state index contributed by atoms with van der Waals surface area (Å²) in [5.41, 5.74) is 1.20. The Morgan fingerprint density at radius 1 is 1.14 bits per heavy atom. The van der Waals surface area contributed by atoms with E-state index < -0.39 is 0 Å². The van der Waals surface area contributed by atoms with E-state index in [4.69, 9.17) is 5.26 Å². The van der Waals surface area contributed by atoms with Crippen LogP contribution in [-0.2, 0) is 9.59 Å². The van der Waals surface area contributed by atoms with Gasteiger partial charge in [-0.3, -0.25) is 14.5 Å².